The average molecular weight is 286 g/mol. The molecule has 1 unspecified atom stereocenters. The van der Waals surface area contributed by atoms with E-state index >= 15 is 0 Å². The van der Waals surface area contributed by atoms with Gasteiger partial charge in [0.05, 0.1) is 18.9 Å². The van der Waals surface area contributed by atoms with Crippen LogP contribution >= 0.6 is 12.2 Å². The summed E-state index contributed by atoms with van der Waals surface area (Å²) in [7, 11) is 0. The molecule has 0 fully saturated rings. The Morgan fingerprint density at radius 2 is 2.20 bits per heavy atom. The van der Waals surface area contributed by atoms with Gasteiger partial charge < -0.3 is 15.8 Å². The molecule has 0 amide bonds. The van der Waals surface area contributed by atoms with Crippen LogP contribution in [0.1, 0.15) is 11.3 Å². The van der Waals surface area contributed by atoms with E-state index in [0.29, 0.717) is 18.1 Å². The molecule has 0 bridgehead atoms. The third kappa shape index (κ3) is 2.70. The molecular weight excluding hydrogens is 272 g/mol. The number of anilines is 1. The predicted octanol–water partition coefficient (Wildman–Crippen LogP) is 1.53. The van der Waals surface area contributed by atoms with E-state index in [2.05, 4.69) is 21.4 Å². The Labute approximate surface area is 122 Å². The van der Waals surface area contributed by atoms with Gasteiger partial charge in [-0.2, -0.15) is 0 Å². The number of aromatic nitrogens is 2. The second kappa shape index (κ2) is 5.42. The number of hydrogen-bond donors (Lipinski definition) is 2. The van der Waals surface area contributed by atoms with Crippen LogP contribution in [-0.2, 0) is 6.42 Å². The van der Waals surface area contributed by atoms with Crippen molar-refractivity contribution >= 4 is 23.0 Å². The van der Waals surface area contributed by atoms with E-state index < -0.39 is 0 Å². The van der Waals surface area contributed by atoms with Crippen LogP contribution in [-0.4, -0.2) is 27.6 Å². The van der Waals surface area contributed by atoms with Crippen molar-refractivity contribution in [2.75, 3.05) is 11.9 Å². The molecule has 6 heteroatoms. The minimum atomic E-state index is 0.115. The smallest absolute Gasteiger partial charge is 0.144 e. The van der Waals surface area contributed by atoms with Crippen molar-refractivity contribution in [2.24, 2.45) is 5.73 Å². The minimum absolute atomic E-state index is 0.115. The van der Waals surface area contributed by atoms with Crippen LogP contribution < -0.4 is 15.8 Å². The fourth-order valence-corrected chi connectivity index (χ4v) is 2.24. The first-order valence-corrected chi connectivity index (χ1v) is 6.73. The molecule has 1 aliphatic rings. The van der Waals surface area contributed by atoms with Crippen LogP contribution in [0.4, 0.5) is 5.82 Å². The molecule has 1 aliphatic heterocycles. The van der Waals surface area contributed by atoms with E-state index in [-0.39, 0.29) is 11.1 Å². The molecule has 1 atom stereocenters. The SMILES string of the molecule is NC(=S)c1cnc(NCC2Cc3ccccc3O2)cn1. The van der Waals surface area contributed by atoms with Gasteiger partial charge in [0.1, 0.15) is 28.4 Å². The normalized spacial score (nSPS) is 16.3. The maximum Gasteiger partial charge on any atom is 0.144 e. The van der Waals surface area contributed by atoms with E-state index in [9.17, 15) is 0 Å². The Morgan fingerprint density at radius 3 is 2.90 bits per heavy atom. The third-order valence-electron chi connectivity index (χ3n) is 3.13. The molecule has 102 valence electrons. The molecule has 2 heterocycles. The van der Waals surface area contributed by atoms with Gasteiger partial charge >= 0.3 is 0 Å². The van der Waals surface area contributed by atoms with Gasteiger partial charge in [-0.25, -0.2) is 9.97 Å². The van der Waals surface area contributed by atoms with Crippen LogP contribution in [0.2, 0.25) is 0 Å². The molecule has 0 spiro atoms. The first kappa shape index (κ1) is 12.8. The maximum atomic E-state index is 5.84. The van der Waals surface area contributed by atoms with Crippen molar-refractivity contribution in [3.05, 3.63) is 47.9 Å². The lowest BCUT2D eigenvalue weighted by molar-refractivity contribution is 0.246. The Hall–Kier alpha value is -2.21. The van der Waals surface area contributed by atoms with Gasteiger partial charge in [0.15, 0.2) is 0 Å². The van der Waals surface area contributed by atoms with Gasteiger partial charge in [-0.1, -0.05) is 30.4 Å². The molecule has 3 rings (SSSR count). The van der Waals surface area contributed by atoms with Crippen molar-refractivity contribution in [1.82, 2.24) is 9.97 Å². The van der Waals surface area contributed by atoms with Crippen molar-refractivity contribution in [1.29, 1.82) is 0 Å². The Balaban J connectivity index is 1.57. The first-order chi connectivity index (χ1) is 9.72. The van der Waals surface area contributed by atoms with Gasteiger partial charge in [0.2, 0.25) is 0 Å². The van der Waals surface area contributed by atoms with E-state index in [0.717, 1.165) is 12.2 Å². The highest BCUT2D eigenvalue weighted by molar-refractivity contribution is 7.80. The summed E-state index contributed by atoms with van der Waals surface area (Å²) in [5.41, 5.74) is 7.24. The molecule has 1 aromatic heterocycles. The van der Waals surface area contributed by atoms with Gasteiger partial charge in [-0.05, 0) is 11.6 Å². The number of thiocarbonyl (C=S) groups is 1. The van der Waals surface area contributed by atoms with Crippen LogP contribution in [0, 0.1) is 0 Å². The molecule has 5 nitrogen and oxygen atoms in total. The van der Waals surface area contributed by atoms with Gasteiger partial charge in [0.25, 0.3) is 0 Å². The number of benzene rings is 1. The summed E-state index contributed by atoms with van der Waals surface area (Å²) in [6, 6.07) is 8.09. The summed E-state index contributed by atoms with van der Waals surface area (Å²) < 4.78 is 5.84. The summed E-state index contributed by atoms with van der Waals surface area (Å²) in [6.45, 7) is 0.676. The zero-order valence-electron chi connectivity index (χ0n) is 10.7. The topological polar surface area (TPSA) is 73.1 Å². The number of rotatable bonds is 4. The van der Waals surface area contributed by atoms with Crippen molar-refractivity contribution in [3.63, 3.8) is 0 Å². The zero-order valence-corrected chi connectivity index (χ0v) is 11.6. The lowest BCUT2D eigenvalue weighted by Crippen LogP contribution is -2.24. The number of nitrogens with zero attached hydrogens (tertiary/aromatic N) is 2. The van der Waals surface area contributed by atoms with Crippen molar-refractivity contribution < 1.29 is 4.74 Å². The molecule has 1 aromatic carbocycles. The Bertz CT molecular complexity index is 604. The fraction of sp³-hybridized carbons (Fsp3) is 0.214. The predicted molar refractivity (Wildman–Crippen MR) is 81.0 cm³/mol. The Morgan fingerprint density at radius 1 is 1.35 bits per heavy atom. The number of hydrogen-bond acceptors (Lipinski definition) is 5. The molecule has 0 saturated carbocycles. The van der Waals surface area contributed by atoms with E-state index in [1.165, 1.54) is 5.56 Å². The summed E-state index contributed by atoms with van der Waals surface area (Å²) in [6.07, 6.45) is 4.21. The van der Waals surface area contributed by atoms with Gasteiger partial charge in [-0.15, -0.1) is 0 Å². The van der Waals surface area contributed by atoms with E-state index in [1.807, 2.05) is 18.2 Å². The highest BCUT2D eigenvalue weighted by Gasteiger charge is 2.21. The molecule has 0 aliphatic carbocycles. The highest BCUT2D eigenvalue weighted by atomic mass is 32.1. The number of ether oxygens (including phenoxy) is 1. The molecule has 0 radical (unpaired) electrons. The van der Waals surface area contributed by atoms with Crippen molar-refractivity contribution in [2.45, 2.75) is 12.5 Å². The lowest BCUT2D eigenvalue weighted by atomic mass is 10.1. The monoisotopic (exact) mass is 286 g/mol. The maximum absolute atomic E-state index is 5.84. The summed E-state index contributed by atoms with van der Waals surface area (Å²) in [4.78, 5) is 8.59. The first-order valence-electron chi connectivity index (χ1n) is 6.32. The largest absolute Gasteiger partial charge is 0.488 e. The summed E-state index contributed by atoms with van der Waals surface area (Å²) in [5, 5.41) is 3.20. The quantitative estimate of drug-likeness (QED) is 0.830. The van der Waals surface area contributed by atoms with Crippen LogP contribution in [0.25, 0.3) is 0 Å². The van der Waals surface area contributed by atoms with Gasteiger partial charge in [-0.3, -0.25) is 0 Å². The molecular formula is C14H14N4OS. The fourth-order valence-electron chi connectivity index (χ4n) is 2.13. The number of nitrogens with one attached hydrogen (secondary N) is 1. The second-order valence-corrected chi connectivity index (χ2v) is 5.02. The van der Waals surface area contributed by atoms with Crippen molar-refractivity contribution in [3.8, 4) is 5.75 Å². The zero-order chi connectivity index (χ0) is 13.9. The van der Waals surface area contributed by atoms with Crippen LogP contribution in [0.3, 0.4) is 0 Å². The number of para-hydroxylation sites is 1. The highest BCUT2D eigenvalue weighted by Crippen LogP contribution is 2.28. The number of nitrogens with two attached hydrogens (primary N) is 1. The van der Waals surface area contributed by atoms with Crippen LogP contribution in [0.15, 0.2) is 36.7 Å². The van der Waals surface area contributed by atoms with Crippen LogP contribution in [0.5, 0.6) is 5.75 Å². The molecule has 2 aromatic rings. The van der Waals surface area contributed by atoms with E-state index in [1.54, 1.807) is 12.4 Å². The van der Waals surface area contributed by atoms with E-state index in [4.69, 9.17) is 22.7 Å². The molecule has 3 N–H and O–H groups in total. The standard InChI is InChI=1S/C14H14N4OS/c15-14(20)11-7-18-13(8-16-11)17-6-10-5-9-3-1-2-4-12(9)19-10/h1-4,7-8,10H,5-6H2,(H2,15,20)(H,17,18). The molecule has 0 saturated heterocycles. The summed E-state index contributed by atoms with van der Waals surface area (Å²) >= 11 is 4.83. The number of fused-ring (bicyclic) bond motifs is 1. The third-order valence-corrected chi connectivity index (χ3v) is 3.34. The Kier molecular flexibility index (Phi) is 3.47. The average Bonchev–Trinajstić information content (AvgIpc) is 2.88. The second-order valence-electron chi connectivity index (χ2n) is 4.58. The lowest BCUT2D eigenvalue weighted by Gasteiger charge is -2.12. The molecule has 20 heavy (non-hydrogen) atoms. The minimum Gasteiger partial charge on any atom is -0.488 e. The summed E-state index contributed by atoms with van der Waals surface area (Å²) in [5.74, 6) is 1.65. The van der Waals surface area contributed by atoms with Gasteiger partial charge in [0, 0.05) is 6.42 Å².